The smallest absolute Gasteiger partial charge is 0.410 e. The lowest BCUT2D eigenvalue weighted by Gasteiger charge is -2.41. The Morgan fingerprint density at radius 3 is 2.62 bits per heavy atom. The van der Waals surface area contributed by atoms with E-state index in [0.717, 1.165) is 19.4 Å². The molecule has 3 atom stereocenters. The molecule has 1 saturated heterocycles. The molecule has 1 aromatic rings. The average Bonchev–Trinajstić information content (AvgIpc) is 2.48. The number of likely N-dealkylation sites (tertiary alicyclic amines) is 1. The van der Waals surface area contributed by atoms with E-state index in [-0.39, 0.29) is 24.2 Å². The van der Waals surface area contributed by atoms with Crippen molar-refractivity contribution in [3.63, 3.8) is 0 Å². The van der Waals surface area contributed by atoms with Crippen LogP contribution in [0.4, 0.5) is 4.79 Å². The first-order valence-corrected chi connectivity index (χ1v) is 9.00. The molecule has 0 radical (unpaired) electrons. The standard InChI is InChI=1S/C20H32N2O2/c1-14-10-7-8-11-17(14)15(2)21-18-12-9-13-22(16(18)3)19(23)24-20(4,5)6/h7-8,10-11,15-16,18,21H,9,12-13H2,1-6H3. The van der Waals surface area contributed by atoms with Crippen LogP contribution in [0.25, 0.3) is 0 Å². The second-order valence-corrected chi connectivity index (χ2v) is 7.91. The molecule has 134 valence electrons. The predicted molar refractivity (Wildman–Crippen MR) is 98.2 cm³/mol. The van der Waals surface area contributed by atoms with Gasteiger partial charge in [0.25, 0.3) is 0 Å². The van der Waals surface area contributed by atoms with E-state index >= 15 is 0 Å². The fourth-order valence-electron chi connectivity index (χ4n) is 3.43. The lowest BCUT2D eigenvalue weighted by molar-refractivity contribution is 0.00642. The van der Waals surface area contributed by atoms with Crippen molar-refractivity contribution in [2.75, 3.05) is 6.54 Å². The van der Waals surface area contributed by atoms with E-state index in [1.807, 2.05) is 25.7 Å². The summed E-state index contributed by atoms with van der Waals surface area (Å²) < 4.78 is 5.56. The number of hydrogen-bond donors (Lipinski definition) is 1. The van der Waals surface area contributed by atoms with Crippen LogP contribution in [0.5, 0.6) is 0 Å². The zero-order chi connectivity index (χ0) is 17.9. The Morgan fingerprint density at radius 2 is 2.00 bits per heavy atom. The van der Waals surface area contributed by atoms with Crippen LogP contribution in [0.2, 0.25) is 0 Å². The zero-order valence-electron chi connectivity index (χ0n) is 15.9. The third-order valence-electron chi connectivity index (χ3n) is 4.74. The Balaban J connectivity index is 2.03. The maximum atomic E-state index is 12.5. The van der Waals surface area contributed by atoms with Gasteiger partial charge >= 0.3 is 6.09 Å². The number of piperidine rings is 1. The van der Waals surface area contributed by atoms with Crippen molar-refractivity contribution >= 4 is 6.09 Å². The van der Waals surface area contributed by atoms with Gasteiger partial charge in [0.05, 0.1) is 0 Å². The molecular weight excluding hydrogens is 300 g/mol. The number of rotatable bonds is 3. The molecule has 0 spiro atoms. The van der Waals surface area contributed by atoms with Gasteiger partial charge in [0.15, 0.2) is 0 Å². The van der Waals surface area contributed by atoms with Gasteiger partial charge in [-0.15, -0.1) is 0 Å². The molecule has 0 saturated carbocycles. The number of aryl methyl sites for hydroxylation is 1. The molecule has 3 unspecified atom stereocenters. The number of nitrogens with zero attached hydrogens (tertiary/aromatic N) is 1. The number of carbonyl (C=O) groups excluding carboxylic acids is 1. The summed E-state index contributed by atoms with van der Waals surface area (Å²) in [5, 5.41) is 3.72. The van der Waals surface area contributed by atoms with E-state index in [4.69, 9.17) is 4.74 Å². The summed E-state index contributed by atoms with van der Waals surface area (Å²) in [4.78, 5) is 14.3. The number of benzene rings is 1. The van der Waals surface area contributed by atoms with Gasteiger partial charge in [0.2, 0.25) is 0 Å². The van der Waals surface area contributed by atoms with Gasteiger partial charge in [-0.1, -0.05) is 24.3 Å². The molecule has 0 aliphatic carbocycles. The predicted octanol–water partition coefficient (Wildman–Crippen LogP) is 4.43. The van der Waals surface area contributed by atoms with Gasteiger partial charge in [-0.05, 0) is 65.5 Å². The third-order valence-corrected chi connectivity index (χ3v) is 4.74. The Bertz CT molecular complexity index is 565. The normalized spacial score (nSPS) is 23.0. The fraction of sp³-hybridized carbons (Fsp3) is 0.650. The molecule has 1 aliphatic heterocycles. The molecule has 0 aromatic heterocycles. The van der Waals surface area contributed by atoms with Gasteiger partial charge in [0, 0.05) is 24.7 Å². The molecule has 1 fully saturated rings. The quantitative estimate of drug-likeness (QED) is 0.890. The van der Waals surface area contributed by atoms with E-state index in [1.165, 1.54) is 11.1 Å². The van der Waals surface area contributed by atoms with Crippen molar-refractivity contribution in [1.29, 1.82) is 0 Å². The second-order valence-electron chi connectivity index (χ2n) is 7.91. The van der Waals surface area contributed by atoms with E-state index in [0.29, 0.717) is 0 Å². The van der Waals surface area contributed by atoms with Crippen LogP contribution in [0.3, 0.4) is 0 Å². The summed E-state index contributed by atoms with van der Waals surface area (Å²) >= 11 is 0. The molecule has 24 heavy (non-hydrogen) atoms. The van der Waals surface area contributed by atoms with Crippen molar-refractivity contribution in [2.24, 2.45) is 0 Å². The molecule has 0 bridgehead atoms. The van der Waals surface area contributed by atoms with Crippen molar-refractivity contribution in [3.8, 4) is 0 Å². The minimum absolute atomic E-state index is 0.125. The monoisotopic (exact) mass is 332 g/mol. The van der Waals surface area contributed by atoms with Gasteiger partial charge in [-0.2, -0.15) is 0 Å². The molecule has 1 aliphatic rings. The van der Waals surface area contributed by atoms with E-state index in [1.54, 1.807) is 0 Å². The minimum atomic E-state index is -0.453. The first-order valence-electron chi connectivity index (χ1n) is 9.00. The second kappa shape index (κ2) is 7.56. The first-order chi connectivity index (χ1) is 11.2. The Morgan fingerprint density at radius 1 is 1.33 bits per heavy atom. The number of carbonyl (C=O) groups is 1. The highest BCUT2D eigenvalue weighted by Crippen LogP contribution is 2.24. The molecular formula is C20H32N2O2. The third kappa shape index (κ3) is 4.73. The molecule has 4 heteroatoms. The Hall–Kier alpha value is -1.55. The summed E-state index contributed by atoms with van der Waals surface area (Å²) in [6, 6.07) is 9.13. The lowest BCUT2D eigenvalue weighted by atomic mass is 9.95. The number of amides is 1. The van der Waals surface area contributed by atoms with E-state index in [2.05, 4.69) is 50.4 Å². The van der Waals surface area contributed by atoms with Crippen LogP contribution in [0, 0.1) is 6.92 Å². The number of ether oxygens (including phenoxy) is 1. The van der Waals surface area contributed by atoms with Crippen molar-refractivity contribution < 1.29 is 9.53 Å². The van der Waals surface area contributed by atoms with Crippen molar-refractivity contribution in [2.45, 2.75) is 78.1 Å². The molecule has 1 N–H and O–H groups in total. The highest BCUT2D eigenvalue weighted by molar-refractivity contribution is 5.68. The largest absolute Gasteiger partial charge is 0.444 e. The van der Waals surface area contributed by atoms with Crippen LogP contribution in [-0.2, 0) is 4.74 Å². The van der Waals surface area contributed by atoms with E-state index in [9.17, 15) is 4.79 Å². The number of nitrogens with one attached hydrogen (secondary N) is 1. The van der Waals surface area contributed by atoms with Gasteiger partial charge in [-0.25, -0.2) is 4.79 Å². The average molecular weight is 332 g/mol. The molecule has 4 nitrogen and oxygen atoms in total. The summed E-state index contributed by atoms with van der Waals surface area (Å²) in [6.45, 7) is 13.0. The highest BCUT2D eigenvalue weighted by Gasteiger charge is 2.34. The lowest BCUT2D eigenvalue weighted by Crippen LogP contribution is -2.55. The molecule has 1 amide bonds. The van der Waals surface area contributed by atoms with Gasteiger partial charge in [0.1, 0.15) is 5.60 Å². The molecule has 2 rings (SSSR count). The minimum Gasteiger partial charge on any atom is -0.444 e. The van der Waals surface area contributed by atoms with Gasteiger partial charge in [-0.3, -0.25) is 0 Å². The Kier molecular flexibility index (Phi) is 5.92. The summed E-state index contributed by atoms with van der Waals surface area (Å²) in [5.74, 6) is 0. The first kappa shape index (κ1) is 18.8. The summed E-state index contributed by atoms with van der Waals surface area (Å²) in [6.07, 6.45) is 1.88. The fourth-order valence-corrected chi connectivity index (χ4v) is 3.43. The molecule has 1 aromatic carbocycles. The topological polar surface area (TPSA) is 41.6 Å². The van der Waals surface area contributed by atoms with Crippen molar-refractivity contribution in [1.82, 2.24) is 10.2 Å². The zero-order valence-corrected chi connectivity index (χ0v) is 15.9. The maximum absolute atomic E-state index is 12.5. The van der Waals surface area contributed by atoms with Crippen LogP contribution in [0.15, 0.2) is 24.3 Å². The van der Waals surface area contributed by atoms with Crippen LogP contribution >= 0.6 is 0 Å². The summed E-state index contributed by atoms with van der Waals surface area (Å²) in [7, 11) is 0. The van der Waals surface area contributed by atoms with Crippen LogP contribution in [-0.4, -0.2) is 35.2 Å². The van der Waals surface area contributed by atoms with Crippen LogP contribution < -0.4 is 5.32 Å². The SMILES string of the molecule is Cc1ccccc1C(C)NC1CCCN(C(=O)OC(C)(C)C)C1C. The van der Waals surface area contributed by atoms with Crippen LogP contribution in [0.1, 0.15) is 64.6 Å². The van der Waals surface area contributed by atoms with E-state index < -0.39 is 5.60 Å². The maximum Gasteiger partial charge on any atom is 0.410 e. The number of hydrogen-bond acceptors (Lipinski definition) is 3. The van der Waals surface area contributed by atoms with Crippen molar-refractivity contribution in [3.05, 3.63) is 35.4 Å². The summed E-state index contributed by atoms with van der Waals surface area (Å²) in [5.41, 5.74) is 2.16. The highest BCUT2D eigenvalue weighted by atomic mass is 16.6. The van der Waals surface area contributed by atoms with Gasteiger partial charge < -0.3 is 15.0 Å². The Labute approximate surface area is 146 Å². The molecule has 1 heterocycles.